The summed E-state index contributed by atoms with van der Waals surface area (Å²) in [5.74, 6) is 2.47. The molecule has 0 bridgehead atoms. The van der Waals surface area contributed by atoms with Crippen molar-refractivity contribution in [3.63, 3.8) is 0 Å². The predicted octanol–water partition coefficient (Wildman–Crippen LogP) is 3.92. The molecule has 0 unspecified atom stereocenters. The molecule has 0 fully saturated rings. The minimum absolute atomic E-state index is 0. The Morgan fingerprint density at radius 3 is 2.11 bits per heavy atom. The van der Waals surface area contributed by atoms with Crippen molar-refractivity contribution in [3.05, 3.63) is 47.0 Å². The molecule has 2 aromatic rings. The van der Waals surface area contributed by atoms with Gasteiger partial charge in [-0.3, -0.25) is 4.99 Å². The van der Waals surface area contributed by atoms with Gasteiger partial charge in [0.05, 0.1) is 21.3 Å². The van der Waals surface area contributed by atoms with Crippen molar-refractivity contribution in [1.82, 2.24) is 0 Å². The Balaban J connectivity index is 0.00000364. The summed E-state index contributed by atoms with van der Waals surface area (Å²) in [6, 6.07) is 9.75. The third kappa shape index (κ3) is 6.20. The third-order valence-electron chi connectivity index (χ3n) is 4.24. The SMILES string of the molecule is COc1cc(OC)c(CCN=C(N)Nc2ccc(C)c(C)c2)c(OC)c1.I. The second-order valence-electron chi connectivity index (χ2n) is 5.95. The summed E-state index contributed by atoms with van der Waals surface area (Å²) in [6.45, 7) is 4.64. The minimum atomic E-state index is 0. The van der Waals surface area contributed by atoms with E-state index in [9.17, 15) is 0 Å². The van der Waals surface area contributed by atoms with Gasteiger partial charge in [-0.05, 0) is 43.5 Å². The van der Waals surface area contributed by atoms with E-state index in [2.05, 4.69) is 30.2 Å². The summed E-state index contributed by atoms with van der Waals surface area (Å²) in [5.41, 5.74) is 10.3. The molecule has 27 heavy (non-hydrogen) atoms. The lowest BCUT2D eigenvalue weighted by molar-refractivity contribution is 0.369. The van der Waals surface area contributed by atoms with Crippen LogP contribution in [0.15, 0.2) is 35.3 Å². The van der Waals surface area contributed by atoms with Gasteiger partial charge in [-0.1, -0.05) is 6.07 Å². The van der Waals surface area contributed by atoms with Gasteiger partial charge in [-0.2, -0.15) is 0 Å². The minimum Gasteiger partial charge on any atom is -0.496 e. The molecule has 0 atom stereocenters. The summed E-state index contributed by atoms with van der Waals surface area (Å²) in [7, 11) is 4.85. The van der Waals surface area contributed by atoms with Crippen LogP contribution in [-0.4, -0.2) is 33.8 Å². The van der Waals surface area contributed by atoms with Gasteiger partial charge in [0.1, 0.15) is 17.2 Å². The molecule has 0 aromatic heterocycles. The zero-order valence-corrected chi connectivity index (χ0v) is 18.8. The van der Waals surface area contributed by atoms with E-state index in [1.165, 1.54) is 11.1 Å². The van der Waals surface area contributed by atoms with Gasteiger partial charge in [0, 0.05) is 29.9 Å². The highest BCUT2D eigenvalue weighted by Gasteiger charge is 2.12. The van der Waals surface area contributed by atoms with Crippen LogP contribution in [0.5, 0.6) is 17.2 Å². The van der Waals surface area contributed by atoms with Gasteiger partial charge >= 0.3 is 0 Å². The summed E-state index contributed by atoms with van der Waals surface area (Å²) in [4.78, 5) is 4.40. The number of nitrogens with one attached hydrogen (secondary N) is 1. The summed E-state index contributed by atoms with van der Waals surface area (Å²) < 4.78 is 16.2. The van der Waals surface area contributed by atoms with E-state index in [-0.39, 0.29) is 24.0 Å². The molecule has 0 aliphatic heterocycles. The highest BCUT2D eigenvalue weighted by molar-refractivity contribution is 14.0. The van der Waals surface area contributed by atoms with Gasteiger partial charge in [-0.15, -0.1) is 24.0 Å². The lowest BCUT2D eigenvalue weighted by atomic mass is 10.1. The van der Waals surface area contributed by atoms with Crippen LogP contribution in [0.1, 0.15) is 16.7 Å². The largest absolute Gasteiger partial charge is 0.496 e. The van der Waals surface area contributed by atoms with Crippen molar-refractivity contribution in [3.8, 4) is 17.2 Å². The maximum absolute atomic E-state index is 6.00. The van der Waals surface area contributed by atoms with Gasteiger partial charge in [0.25, 0.3) is 0 Å². The number of hydrogen-bond donors (Lipinski definition) is 2. The van der Waals surface area contributed by atoms with Crippen molar-refractivity contribution in [2.24, 2.45) is 10.7 Å². The molecule has 2 aromatic carbocycles. The third-order valence-corrected chi connectivity index (χ3v) is 4.24. The zero-order valence-electron chi connectivity index (χ0n) is 16.5. The Hall–Kier alpha value is -2.16. The molecular weight excluding hydrogens is 457 g/mol. The van der Waals surface area contributed by atoms with Crippen LogP contribution in [0.3, 0.4) is 0 Å². The number of aryl methyl sites for hydroxylation is 2. The fourth-order valence-electron chi connectivity index (χ4n) is 2.62. The first-order valence-electron chi connectivity index (χ1n) is 8.41. The maximum Gasteiger partial charge on any atom is 0.193 e. The number of anilines is 1. The molecule has 0 heterocycles. The number of guanidine groups is 1. The molecule has 7 heteroatoms. The first-order valence-corrected chi connectivity index (χ1v) is 8.41. The number of ether oxygens (including phenoxy) is 3. The number of nitrogens with two attached hydrogens (primary N) is 1. The first kappa shape index (κ1) is 22.9. The zero-order chi connectivity index (χ0) is 19.1. The molecular formula is C20H28IN3O3. The summed E-state index contributed by atoms with van der Waals surface area (Å²) >= 11 is 0. The number of aliphatic imine (C=N–C) groups is 1. The number of methoxy groups -OCH3 is 3. The van der Waals surface area contributed by atoms with E-state index >= 15 is 0 Å². The molecule has 6 nitrogen and oxygen atoms in total. The number of rotatable bonds is 7. The highest BCUT2D eigenvalue weighted by atomic mass is 127. The van der Waals surface area contributed by atoms with E-state index in [0.29, 0.717) is 36.2 Å². The Morgan fingerprint density at radius 2 is 1.59 bits per heavy atom. The lowest BCUT2D eigenvalue weighted by Gasteiger charge is -2.14. The average molecular weight is 485 g/mol. The topological polar surface area (TPSA) is 78.1 Å². The average Bonchev–Trinajstić information content (AvgIpc) is 2.64. The van der Waals surface area contributed by atoms with Gasteiger partial charge < -0.3 is 25.3 Å². The van der Waals surface area contributed by atoms with Crippen LogP contribution < -0.4 is 25.3 Å². The van der Waals surface area contributed by atoms with Crippen LogP contribution >= 0.6 is 24.0 Å². The molecule has 0 radical (unpaired) electrons. The molecule has 0 saturated heterocycles. The summed E-state index contributed by atoms with van der Waals surface area (Å²) in [6.07, 6.45) is 0.631. The van der Waals surface area contributed by atoms with Gasteiger partial charge in [0.15, 0.2) is 5.96 Å². The Bertz CT molecular complexity index is 769. The second kappa shape index (κ2) is 10.9. The van der Waals surface area contributed by atoms with Gasteiger partial charge in [-0.25, -0.2) is 0 Å². The smallest absolute Gasteiger partial charge is 0.193 e. The molecule has 0 spiro atoms. The molecule has 0 amide bonds. The van der Waals surface area contributed by atoms with E-state index in [1.807, 2.05) is 24.3 Å². The van der Waals surface area contributed by atoms with Crippen LogP contribution in [-0.2, 0) is 6.42 Å². The quantitative estimate of drug-likeness (QED) is 0.353. The monoisotopic (exact) mass is 485 g/mol. The van der Waals surface area contributed by atoms with Crippen LogP contribution in [0.2, 0.25) is 0 Å². The molecule has 2 rings (SSSR count). The number of hydrogen-bond acceptors (Lipinski definition) is 4. The van der Waals surface area contributed by atoms with Gasteiger partial charge in [0.2, 0.25) is 0 Å². The van der Waals surface area contributed by atoms with Crippen molar-refractivity contribution in [2.75, 3.05) is 33.2 Å². The number of halogens is 1. The first-order chi connectivity index (χ1) is 12.5. The van der Waals surface area contributed by atoms with Crippen molar-refractivity contribution in [1.29, 1.82) is 0 Å². The normalized spacial score (nSPS) is 10.8. The van der Waals surface area contributed by atoms with Crippen molar-refractivity contribution < 1.29 is 14.2 Å². The lowest BCUT2D eigenvalue weighted by Crippen LogP contribution is -2.23. The fourth-order valence-corrected chi connectivity index (χ4v) is 2.62. The molecule has 0 aliphatic carbocycles. The molecule has 3 N–H and O–H groups in total. The van der Waals surface area contributed by atoms with E-state index in [4.69, 9.17) is 19.9 Å². The maximum atomic E-state index is 6.00. The van der Waals surface area contributed by atoms with Crippen molar-refractivity contribution in [2.45, 2.75) is 20.3 Å². The predicted molar refractivity (Wildman–Crippen MR) is 121 cm³/mol. The Morgan fingerprint density at radius 1 is 0.963 bits per heavy atom. The fraction of sp³-hybridized carbons (Fsp3) is 0.350. The van der Waals surface area contributed by atoms with E-state index in [0.717, 1.165) is 11.3 Å². The standard InChI is InChI=1S/C20H27N3O3.HI/c1-13-6-7-15(10-14(13)2)23-20(21)22-9-8-17-18(25-4)11-16(24-3)12-19(17)26-5;/h6-7,10-12H,8-9H2,1-5H3,(H3,21,22,23);1H. The van der Waals surface area contributed by atoms with Crippen LogP contribution in [0, 0.1) is 13.8 Å². The molecule has 0 aliphatic rings. The molecule has 0 saturated carbocycles. The number of nitrogens with zero attached hydrogens (tertiary/aromatic N) is 1. The number of benzene rings is 2. The Labute approximate surface area is 178 Å². The highest BCUT2D eigenvalue weighted by Crippen LogP contribution is 2.34. The van der Waals surface area contributed by atoms with E-state index < -0.39 is 0 Å². The second-order valence-corrected chi connectivity index (χ2v) is 5.95. The molecule has 148 valence electrons. The van der Waals surface area contributed by atoms with Crippen molar-refractivity contribution >= 4 is 35.6 Å². The Kier molecular flexibility index (Phi) is 9.20. The summed E-state index contributed by atoms with van der Waals surface area (Å²) in [5, 5.41) is 3.12. The van der Waals surface area contributed by atoms with Crippen LogP contribution in [0.4, 0.5) is 5.69 Å². The van der Waals surface area contributed by atoms with E-state index in [1.54, 1.807) is 21.3 Å². The van der Waals surface area contributed by atoms with Crippen LogP contribution in [0.25, 0.3) is 0 Å².